The lowest BCUT2D eigenvalue weighted by Crippen LogP contribution is -2.17. The molecule has 0 spiro atoms. The number of rotatable bonds is 8. The molecule has 0 amide bonds. The summed E-state index contributed by atoms with van der Waals surface area (Å²) < 4.78 is 7.26. The van der Waals surface area contributed by atoms with Crippen LogP contribution in [0.5, 0.6) is 0 Å². The topological polar surface area (TPSA) is 111 Å². The lowest BCUT2D eigenvalue weighted by molar-refractivity contribution is 0.803. The van der Waals surface area contributed by atoms with E-state index in [2.05, 4.69) is 20.4 Å². The van der Waals surface area contributed by atoms with Crippen LogP contribution >= 0.6 is 0 Å². The molecule has 0 fully saturated rings. The summed E-state index contributed by atoms with van der Waals surface area (Å²) in [6.45, 7) is 0. The highest BCUT2D eigenvalue weighted by Crippen LogP contribution is 2.17. The lowest BCUT2D eigenvalue weighted by atomic mass is 10.0. The zero-order valence-corrected chi connectivity index (χ0v) is 21.7. The summed E-state index contributed by atoms with van der Waals surface area (Å²) in [5.41, 5.74) is 5.37. The Morgan fingerprint density at radius 2 is 1.00 bits per heavy atom. The van der Waals surface area contributed by atoms with Crippen LogP contribution < -0.4 is 11.4 Å². The number of aromatic nitrogens is 8. The summed E-state index contributed by atoms with van der Waals surface area (Å²) in [5, 5.41) is 13.6. The van der Waals surface area contributed by atoms with E-state index in [1.165, 1.54) is 0 Å². The Balaban J connectivity index is 1.19. The van der Waals surface area contributed by atoms with Crippen molar-refractivity contribution in [2.75, 3.05) is 0 Å². The minimum absolute atomic E-state index is 0.261. The molecule has 10 nitrogen and oxygen atoms in total. The predicted octanol–water partition coefficient (Wildman–Crippen LogP) is 2.88. The third-order valence-corrected chi connectivity index (χ3v) is 7.06. The zero-order valence-electron chi connectivity index (χ0n) is 21.7. The van der Waals surface area contributed by atoms with E-state index in [-0.39, 0.29) is 11.4 Å². The Morgan fingerprint density at radius 1 is 0.590 bits per heavy atom. The van der Waals surface area contributed by atoms with Crippen LogP contribution in [0.3, 0.4) is 0 Å². The first-order valence-electron chi connectivity index (χ1n) is 12.7. The van der Waals surface area contributed by atoms with Gasteiger partial charge in [-0.05, 0) is 66.1 Å². The fraction of sp³-hybridized carbons (Fsp3) is 0.172. The largest absolute Gasteiger partial charge is 0.354 e. The van der Waals surface area contributed by atoms with E-state index in [0.29, 0.717) is 30.9 Å². The number of aromatic amines is 2. The summed E-state index contributed by atoms with van der Waals surface area (Å²) in [7, 11) is 3.95. The Bertz CT molecular complexity index is 1710. The number of hydrogen-bond acceptors (Lipinski definition) is 4. The number of benzene rings is 2. The molecule has 0 unspecified atom stereocenters. The molecule has 10 heteroatoms. The van der Waals surface area contributed by atoms with Crippen molar-refractivity contribution in [2.45, 2.75) is 19.3 Å². The molecule has 0 radical (unpaired) electrons. The van der Waals surface area contributed by atoms with Crippen molar-refractivity contribution in [3.63, 3.8) is 0 Å². The van der Waals surface area contributed by atoms with Crippen LogP contribution in [0.2, 0.25) is 0 Å². The van der Waals surface area contributed by atoms with E-state index < -0.39 is 0 Å². The van der Waals surface area contributed by atoms with Gasteiger partial charge in [0.1, 0.15) is 11.6 Å². The van der Waals surface area contributed by atoms with Crippen LogP contribution in [0.1, 0.15) is 34.2 Å². The van der Waals surface area contributed by atoms with Crippen molar-refractivity contribution in [3.8, 4) is 11.4 Å². The number of hydrogen-bond donors (Lipinski definition) is 2. The number of H-pyrrole nitrogens is 2. The summed E-state index contributed by atoms with van der Waals surface area (Å²) in [5.74, 6) is 1.32. The Morgan fingerprint density at radius 3 is 1.36 bits per heavy atom. The lowest BCUT2D eigenvalue weighted by Gasteiger charge is -2.09. The third-order valence-electron chi connectivity index (χ3n) is 7.06. The number of nitrogens with one attached hydrogen (secondary N) is 2. The fourth-order valence-corrected chi connectivity index (χ4v) is 4.87. The molecule has 2 N–H and O–H groups in total. The van der Waals surface area contributed by atoms with Gasteiger partial charge in [0.25, 0.3) is 0 Å². The van der Waals surface area contributed by atoms with Crippen molar-refractivity contribution in [3.05, 3.63) is 140 Å². The van der Waals surface area contributed by atoms with Gasteiger partial charge in [-0.1, -0.05) is 24.3 Å². The maximum absolute atomic E-state index is 12.5. The van der Waals surface area contributed by atoms with Gasteiger partial charge < -0.3 is 9.13 Å². The van der Waals surface area contributed by atoms with Gasteiger partial charge in [0.2, 0.25) is 0 Å². The molecule has 6 rings (SSSR count). The van der Waals surface area contributed by atoms with Crippen LogP contribution in [0.15, 0.2) is 94.8 Å². The zero-order chi connectivity index (χ0) is 26.9. The van der Waals surface area contributed by atoms with Gasteiger partial charge in [-0.2, -0.15) is 10.2 Å². The smallest absolute Gasteiger partial charge is 0.347 e. The molecule has 196 valence electrons. The summed E-state index contributed by atoms with van der Waals surface area (Å²) >= 11 is 0. The third kappa shape index (κ3) is 4.79. The first-order chi connectivity index (χ1) is 19.0. The Labute approximate surface area is 223 Å². The Hall–Kier alpha value is -5.12. The standard InChI is InChI=1S/C29H28N8O2/c1-34-15-3-5-24(34)18-26-30-32-28(38)36(26)22-11-7-20(8-12-22)17-21-9-13-23(14-10-21)37-27(31-33-29(37)39)19-25-6-4-16-35(25)2/h3-16H,17-19H2,1-2H3,(H,32,38)(H,33,39). The Kier molecular flexibility index (Phi) is 6.20. The molecular formula is C29H28N8O2. The molecule has 2 aromatic carbocycles. The molecule has 0 saturated heterocycles. The highest BCUT2D eigenvalue weighted by molar-refractivity contribution is 5.40. The molecule has 39 heavy (non-hydrogen) atoms. The van der Waals surface area contributed by atoms with Gasteiger partial charge in [0.05, 0.1) is 11.4 Å². The maximum Gasteiger partial charge on any atom is 0.347 e. The summed E-state index contributed by atoms with van der Waals surface area (Å²) in [6, 6.07) is 23.8. The van der Waals surface area contributed by atoms with Gasteiger partial charge in [0, 0.05) is 50.7 Å². The van der Waals surface area contributed by atoms with E-state index in [0.717, 1.165) is 33.9 Å². The number of nitrogens with zero attached hydrogens (tertiary/aromatic N) is 6. The van der Waals surface area contributed by atoms with Crippen molar-refractivity contribution in [1.82, 2.24) is 38.7 Å². The van der Waals surface area contributed by atoms with E-state index in [1.807, 2.05) is 108 Å². The van der Waals surface area contributed by atoms with Crippen LogP contribution in [-0.4, -0.2) is 38.7 Å². The summed E-state index contributed by atoms with van der Waals surface area (Å²) in [4.78, 5) is 25.0. The van der Waals surface area contributed by atoms with Gasteiger partial charge >= 0.3 is 11.4 Å². The molecule has 0 bridgehead atoms. The van der Waals surface area contributed by atoms with Crippen molar-refractivity contribution in [1.29, 1.82) is 0 Å². The molecule has 0 aliphatic carbocycles. The van der Waals surface area contributed by atoms with Crippen molar-refractivity contribution < 1.29 is 0 Å². The minimum Gasteiger partial charge on any atom is -0.354 e. The SMILES string of the molecule is Cn1cccc1Cc1n[nH]c(=O)n1-c1ccc(Cc2ccc(-n3c(Cc4cccn4C)n[nH]c3=O)cc2)cc1. The van der Waals surface area contributed by atoms with Gasteiger partial charge in [-0.15, -0.1) is 0 Å². The van der Waals surface area contributed by atoms with Crippen LogP contribution in [0, 0.1) is 0 Å². The van der Waals surface area contributed by atoms with Gasteiger partial charge in [-0.3, -0.25) is 0 Å². The van der Waals surface area contributed by atoms with E-state index in [1.54, 1.807) is 9.13 Å². The van der Waals surface area contributed by atoms with Gasteiger partial charge in [-0.25, -0.2) is 28.9 Å². The van der Waals surface area contributed by atoms with Gasteiger partial charge in [0.15, 0.2) is 0 Å². The summed E-state index contributed by atoms with van der Waals surface area (Å²) in [6.07, 6.45) is 5.76. The molecule has 4 heterocycles. The van der Waals surface area contributed by atoms with Crippen molar-refractivity contribution in [2.24, 2.45) is 14.1 Å². The normalized spacial score (nSPS) is 11.3. The van der Waals surface area contributed by atoms with Crippen LogP contribution in [0.25, 0.3) is 11.4 Å². The molecule has 6 aromatic rings. The monoisotopic (exact) mass is 520 g/mol. The quantitative estimate of drug-likeness (QED) is 0.321. The molecule has 4 aromatic heterocycles. The fourth-order valence-electron chi connectivity index (χ4n) is 4.87. The van der Waals surface area contributed by atoms with E-state index >= 15 is 0 Å². The van der Waals surface area contributed by atoms with Crippen LogP contribution in [0.4, 0.5) is 0 Å². The average Bonchev–Trinajstić information content (AvgIpc) is 3.71. The second-order valence-electron chi connectivity index (χ2n) is 9.64. The highest BCUT2D eigenvalue weighted by atomic mass is 16.2. The average molecular weight is 521 g/mol. The van der Waals surface area contributed by atoms with E-state index in [9.17, 15) is 9.59 Å². The number of aryl methyl sites for hydroxylation is 2. The maximum atomic E-state index is 12.5. The van der Waals surface area contributed by atoms with E-state index in [4.69, 9.17) is 0 Å². The second kappa shape index (κ2) is 9.97. The highest BCUT2D eigenvalue weighted by Gasteiger charge is 2.14. The first kappa shape index (κ1) is 24.2. The minimum atomic E-state index is -0.261. The molecule has 0 saturated carbocycles. The first-order valence-corrected chi connectivity index (χ1v) is 12.7. The molecule has 0 aliphatic rings. The molecule has 0 aliphatic heterocycles. The molecule has 0 atom stereocenters. The molecular weight excluding hydrogens is 492 g/mol. The van der Waals surface area contributed by atoms with Crippen molar-refractivity contribution >= 4 is 0 Å². The van der Waals surface area contributed by atoms with Crippen LogP contribution in [-0.2, 0) is 33.4 Å². The second-order valence-corrected chi connectivity index (χ2v) is 9.64. The predicted molar refractivity (Wildman–Crippen MR) is 148 cm³/mol.